The van der Waals surface area contributed by atoms with Crippen LogP contribution in [-0.4, -0.2) is 94.2 Å². The van der Waals surface area contributed by atoms with Crippen LogP contribution in [0.15, 0.2) is 36.8 Å². The molecule has 3 aromatic rings. The van der Waals surface area contributed by atoms with Gasteiger partial charge >= 0.3 is 0 Å². The van der Waals surface area contributed by atoms with Crippen LogP contribution in [0, 0.1) is 0 Å². The van der Waals surface area contributed by atoms with Crippen LogP contribution in [0.2, 0.25) is 0 Å². The molecule has 4 rings (SSSR count). The number of hydrogen-bond acceptors (Lipinski definition) is 10. The van der Waals surface area contributed by atoms with Crippen molar-refractivity contribution in [2.45, 2.75) is 57.1 Å². The molecule has 0 saturated carbocycles. The average molecular weight is 633 g/mol. The zero-order valence-electron chi connectivity index (χ0n) is 24.6. The van der Waals surface area contributed by atoms with Gasteiger partial charge in [-0.1, -0.05) is 25.0 Å². The van der Waals surface area contributed by atoms with E-state index in [9.17, 15) is 19.8 Å². The van der Waals surface area contributed by atoms with Gasteiger partial charge in [-0.15, -0.1) is 11.6 Å². The number of alkyl halides is 1. The van der Waals surface area contributed by atoms with E-state index in [0.29, 0.717) is 55.4 Å². The third-order valence-electron chi connectivity index (χ3n) is 7.32. The Hall–Kier alpha value is -3.33. The standard InChI is InChI=1S/C30H41ClN6O7/c31-9-3-1-2-4-11-42-13-14-43-12-10-33-29(40)21-7-5-20(6-8-21)16-34-30(41)22-17-37(25-15-23(39)24(18-38)44-25)28-26(22)27(32)35-19-36-28/h5-8,17,19,23-25,38-39H,1-4,9-16,18H2,(H,33,40)(H,34,41)(H2,32,35,36)/t23?,24-,25-/m1/s1. The lowest BCUT2D eigenvalue weighted by atomic mass is 10.1. The molecule has 0 spiro atoms. The normalized spacial score (nSPS) is 18.1. The molecule has 240 valence electrons. The summed E-state index contributed by atoms with van der Waals surface area (Å²) in [6.07, 6.45) is 5.16. The first-order valence-electron chi connectivity index (χ1n) is 14.8. The molecule has 1 aromatic carbocycles. The number of anilines is 1. The maximum absolute atomic E-state index is 13.2. The number of rotatable bonds is 18. The van der Waals surface area contributed by atoms with Gasteiger partial charge < -0.3 is 45.4 Å². The number of nitrogens with two attached hydrogens (primary N) is 1. The number of hydrogen-bond donors (Lipinski definition) is 5. The van der Waals surface area contributed by atoms with E-state index >= 15 is 0 Å². The highest BCUT2D eigenvalue weighted by Gasteiger charge is 2.36. The van der Waals surface area contributed by atoms with Gasteiger partial charge in [0.15, 0.2) is 0 Å². The van der Waals surface area contributed by atoms with Gasteiger partial charge in [0.05, 0.1) is 43.5 Å². The Labute approximate surface area is 261 Å². The van der Waals surface area contributed by atoms with Crippen molar-refractivity contribution in [3.63, 3.8) is 0 Å². The topological polar surface area (TPSA) is 183 Å². The SMILES string of the molecule is Nc1ncnc2c1c(C(=O)NCc1ccc(C(=O)NCCOCCOCCCCCCCl)cc1)cn2[C@H]1CC(O)[C@@H](CO)O1. The zero-order valence-corrected chi connectivity index (χ0v) is 25.4. The minimum absolute atomic E-state index is 0.134. The molecule has 2 aromatic heterocycles. The minimum Gasteiger partial charge on any atom is -0.394 e. The summed E-state index contributed by atoms with van der Waals surface area (Å²) >= 11 is 5.66. The lowest BCUT2D eigenvalue weighted by Gasteiger charge is -2.14. The van der Waals surface area contributed by atoms with E-state index in [1.807, 2.05) is 0 Å². The van der Waals surface area contributed by atoms with Crippen molar-refractivity contribution >= 4 is 40.3 Å². The fraction of sp³-hybridized carbons (Fsp3) is 0.533. The molecule has 3 atom stereocenters. The number of carbonyl (C=O) groups excluding carboxylic acids is 2. The van der Waals surface area contributed by atoms with Crippen molar-refractivity contribution in [2.24, 2.45) is 0 Å². The average Bonchev–Trinajstić information content (AvgIpc) is 3.61. The number of halogens is 1. The third kappa shape index (κ3) is 9.10. The first-order valence-corrected chi connectivity index (χ1v) is 15.4. The molecule has 1 unspecified atom stereocenters. The monoisotopic (exact) mass is 632 g/mol. The number of aromatic nitrogens is 3. The highest BCUT2D eigenvalue weighted by atomic mass is 35.5. The number of unbranched alkanes of at least 4 members (excludes halogenated alkanes) is 3. The Balaban J connectivity index is 1.21. The van der Waals surface area contributed by atoms with E-state index in [-0.39, 0.29) is 36.9 Å². The van der Waals surface area contributed by atoms with Crippen molar-refractivity contribution < 1.29 is 34.0 Å². The van der Waals surface area contributed by atoms with Crippen LogP contribution in [0.25, 0.3) is 11.0 Å². The van der Waals surface area contributed by atoms with Gasteiger partial charge in [0.25, 0.3) is 11.8 Å². The fourth-order valence-corrected chi connectivity index (χ4v) is 5.10. The molecule has 0 bridgehead atoms. The molecule has 14 heteroatoms. The second-order valence-corrected chi connectivity index (χ2v) is 10.9. The molecule has 0 aliphatic carbocycles. The van der Waals surface area contributed by atoms with E-state index in [4.69, 9.17) is 31.5 Å². The van der Waals surface area contributed by atoms with E-state index in [0.717, 1.165) is 31.2 Å². The Morgan fingerprint density at radius 2 is 1.77 bits per heavy atom. The zero-order chi connectivity index (χ0) is 31.3. The Morgan fingerprint density at radius 1 is 1.02 bits per heavy atom. The van der Waals surface area contributed by atoms with Crippen molar-refractivity contribution in [3.05, 3.63) is 53.5 Å². The summed E-state index contributed by atoms with van der Waals surface area (Å²) in [4.78, 5) is 34.0. The number of aliphatic hydroxyl groups excluding tert-OH is 2. The molecule has 6 N–H and O–H groups in total. The molecule has 2 amide bonds. The van der Waals surface area contributed by atoms with Crippen molar-refractivity contribution in [2.75, 3.05) is 51.2 Å². The quantitative estimate of drug-likeness (QED) is 0.103. The van der Waals surface area contributed by atoms with Gasteiger partial charge in [-0.25, -0.2) is 9.97 Å². The highest BCUT2D eigenvalue weighted by Crippen LogP contribution is 2.34. The lowest BCUT2D eigenvalue weighted by molar-refractivity contribution is -0.0430. The Morgan fingerprint density at radius 3 is 2.50 bits per heavy atom. The first-order chi connectivity index (χ1) is 21.4. The highest BCUT2D eigenvalue weighted by molar-refractivity contribution is 6.17. The number of nitrogen functional groups attached to an aromatic ring is 1. The summed E-state index contributed by atoms with van der Waals surface area (Å²) in [5, 5.41) is 25.7. The van der Waals surface area contributed by atoms with Crippen LogP contribution in [0.1, 0.15) is 64.6 Å². The van der Waals surface area contributed by atoms with Crippen LogP contribution < -0.4 is 16.4 Å². The number of benzene rings is 1. The van der Waals surface area contributed by atoms with Crippen molar-refractivity contribution in [3.8, 4) is 0 Å². The van der Waals surface area contributed by atoms with Crippen molar-refractivity contribution in [1.82, 2.24) is 25.2 Å². The van der Waals surface area contributed by atoms with Gasteiger partial charge in [-0.05, 0) is 30.5 Å². The Kier molecular flexibility index (Phi) is 13.1. The number of fused-ring (bicyclic) bond motifs is 1. The summed E-state index contributed by atoms with van der Waals surface area (Å²) < 4.78 is 18.4. The molecule has 1 aliphatic heterocycles. The van der Waals surface area contributed by atoms with E-state index < -0.39 is 24.3 Å². The smallest absolute Gasteiger partial charge is 0.253 e. The predicted molar refractivity (Wildman–Crippen MR) is 164 cm³/mol. The molecular weight excluding hydrogens is 592 g/mol. The van der Waals surface area contributed by atoms with Crippen molar-refractivity contribution in [1.29, 1.82) is 0 Å². The molecule has 44 heavy (non-hydrogen) atoms. The lowest BCUT2D eigenvalue weighted by Crippen LogP contribution is -2.27. The minimum atomic E-state index is -0.853. The van der Waals surface area contributed by atoms with E-state index in [2.05, 4.69) is 20.6 Å². The van der Waals surface area contributed by atoms with Crippen LogP contribution in [-0.2, 0) is 20.8 Å². The van der Waals surface area contributed by atoms with Gasteiger partial charge in [0, 0.05) is 43.8 Å². The number of amides is 2. The third-order valence-corrected chi connectivity index (χ3v) is 7.59. The fourth-order valence-electron chi connectivity index (χ4n) is 4.91. The number of nitrogens with one attached hydrogen (secondary N) is 2. The summed E-state index contributed by atoms with van der Waals surface area (Å²) in [5.41, 5.74) is 8.03. The molecule has 13 nitrogen and oxygen atoms in total. The van der Waals surface area contributed by atoms with Gasteiger partial charge in [-0.2, -0.15) is 0 Å². The number of ether oxygens (including phenoxy) is 3. The second-order valence-electron chi connectivity index (χ2n) is 10.5. The number of nitrogens with zero attached hydrogens (tertiary/aromatic N) is 3. The molecule has 1 saturated heterocycles. The summed E-state index contributed by atoms with van der Waals surface area (Å²) in [6, 6.07) is 6.91. The first kappa shape index (κ1) is 33.6. The number of carbonyl (C=O) groups is 2. The van der Waals surface area contributed by atoms with Gasteiger partial charge in [-0.3, -0.25) is 9.59 Å². The van der Waals surface area contributed by atoms with Crippen LogP contribution >= 0.6 is 11.6 Å². The molecule has 1 fully saturated rings. The number of aliphatic hydroxyl groups is 2. The van der Waals surface area contributed by atoms with Crippen LogP contribution in [0.5, 0.6) is 0 Å². The molecule has 3 heterocycles. The summed E-state index contributed by atoms with van der Waals surface area (Å²) in [6.45, 7) is 2.34. The van der Waals surface area contributed by atoms with Crippen LogP contribution in [0.3, 0.4) is 0 Å². The predicted octanol–water partition coefficient (Wildman–Crippen LogP) is 2.15. The summed E-state index contributed by atoms with van der Waals surface area (Å²) in [5.74, 6) is 0.220. The second kappa shape index (κ2) is 17.2. The largest absolute Gasteiger partial charge is 0.394 e. The molecular formula is C30H41ClN6O7. The summed E-state index contributed by atoms with van der Waals surface area (Å²) in [7, 11) is 0. The van der Waals surface area contributed by atoms with Gasteiger partial charge in [0.1, 0.15) is 30.1 Å². The van der Waals surface area contributed by atoms with Gasteiger partial charge in [0.2, 0.25) is 0 Å². The maximum atomic E-state index is 13.2. The molecule has 0 radical (unpaired) electrons. The van der Waals surface area contributed by atoms with E-state index in [1.54, 1.807) is 35.0 Å². The van der Waals surface area contributed by atoms with E-state index in [1.165, 1.54) is 6.33 Å². The maximum Gasteiger partial charge on any atom is 0.253 e. The Bertz CT molecular complexity index is 1360. The molecule has 1 aliphatic rings. The van der Waals surface area contributed by atoms with Crippen LogP contribution in [0.4, 0.5) is 5.82 Å².